The largest absolute Gasteiger partial charge is 0.451 e. The Morgan fingerprint density at radius 1 is 1.03 bits per heavy atom. The summed E-state index contributed by atoms with van der Waals surface area (Å²) in [5, 5.41) is 1.53. The summed E-state index contributed by atoms with van der Waals surface area (Å²) in [6, 6.07) is 16.7. The van der Waals surface area contributed by atoms with Gasteiger partial charge in [-0.2, -0.15) is 0 Å². The van der Waals surface area contributed by atoms with Crippen LogP contribution in [-0.2, 0) is 6.54 Å². The van der Waals surface area contributed by atoms with E-state index in [9.17, 15) is 9.59 Å². The predicted octanol–water partition coefficient (Wildman–Crippen LogP) is 2.63. The molecule has 1 aliphatic rings. The van der Waals surface area contributed by atoms with Crippen LogP contribution in [0.5, 0.6) is 0 Å². The highest BCUT2D eigenvalue weighted by molar-refractivity contribution is 5.96. The van der Waals surface area contributed by atoms with Gasteiger partial charge in [-0.1, -0.05) is 30.3 Å². The second kappa shape index (κ2) is 7.18. The molecule has 0 aliphatic carbocycles. The first kappa shape index (κ1) is 17.6. The number of carbonyl (C=O) groups excluding carboxylic acids is 1. The van der Waals surface area contributed by atoms with Gasteiger partial charge in [-0.15, -0.1) is 0 Å². The molecule has 3 heterocycles. The van der Waals surface area contributed by atoms with Crippen molar-refractivity contribution >= 4 is 27.8 Å². The lowest BCUT2D eigenvalue weighted by atomic mass is 10.2. The minimum absolute atomic E-state index is 0.0851. The quantitative estimate of drug-likeness (QED) is 0.583. The van der Waals surface area contributed by atoms with Crippen LogP contribution in [-0.4, -0.2) is 51.9 Å². The van der Waals surface area contributed by atoms with Gasteiger partial charge in [-0.3, -0.25) is 14.5 Å². The van der Waals surface area contributed by atoms with Crippen molar-refractivity contribution in [3.63, 3.8) is 0 Å². The van der Waals surface area contributed by atoms with Crippen LogP contribution >= 0.6 is 0 Å². The number of para-hydroxylation sites is 2. The van der Waals surface area contributed by atoms with Crippen molar-refractivity contribution in [2.24, 2.45) is 0 Å². The van der Waals surface area contributed by atoms with Gasteiger partial charge in [0.1, 0.15) is 11.4 Å². The van der Waals surface area contributed by atoms with Crippen molar-refractivity contribution < 1.29 is 9.21 Å². The van der Waals surface area contributed by atoms with Crippen LogP contribution in [0.1, 0.15) is 16.4 Å². The number of hydrogen-bond donors (Lipinski definition) is 1. The SMILES string of the molecule is O=C(c1cc2ccccc2o1)N1CCN(Cc2nc3ccccc3c(=O)[nH]2)CC1. The molecule has 1 aliphatic heterocycles. The first-order valence-electron chi connectivity index (χ1n) is 9.65. The van der Waals surface area contributed by atoms with Gasteiger partial charge < -0.3 is 14.3 Å². The lowest BCUT2D eigenvalue weighted by Gasteiger charge is -2.33. The average Bonchev–Trinajstić information content (AvgIpc) is 3.18. The molecule has 2 aromatic carbocycles. The van der Waals surface area contributed by atoms with Crippen molar-refractivity contribution in [1.29, 1.82) is 0 Å². The van der Waals surface area contributed by atoms with Gasteiger partial charge in [0.2, 0.25) is 0 Å². The number of fused-ring (bicyclic) bond motifs is 2. The van der Waals surface area contributed by atoms with Crippen molar-refractivity contribution in [3.05, 3.63) is 76.5 Å². The summed E-state index contributed by atoms with van der Waals surface area (Å²) in [4.78, 5) is 36.4. The molecule has 0 radical (unpaired) electrons. The number of hydrogen-bond acceptors (Lipinski definition) is 5. The number of nitrogens with zero attached hydrogens (tertiary/aromatic N) is 3. The topological polar surface area (TPSA) is 82.4 Å². The minimum atomic E-state index is -0.121. The highest BCUT2D eigenvalue weighted by Crippen LogP contribution is 2.20. The number of benzene rings is 2. The maximum atomic E-state index is 12.8. The second-order valence-electron chi connectivity index (χ2n) is 7.25. The molecule has 1 N–H and O–H groups in total. The van der Waals surface area contributed by atoms with E-state index in [0.29, 0.717) is 55.2 Å². The van der Waals surface area contributed by atoms with Gasteiger partial charge in [-0.05, 0) is 24.3 Å². The molecule has 0 saturated carbocycles. The van der Waals surface area contributed by atoms with Crippen LogP contribution in [0.2, 0.25) is 0 Å². The molecule has 0 unspecified atom stereocenters. The van der Waals surface area contributed by atoms with Crippen LogP contribution in [0.4, 0.5) is 0 Å². The third-order valence-corrected chi connectivity index (χ3v) is 5.33. The predicted molar refractivity (Wildman–Crippen MR) is 110 cm³/mol. The third-order valence-electron chi connectivity index (χ3n) is 5.33. The molecule has 1 amide bonds. The zero-order valence-electron chi connectivity index (χ0n) is 15.8. The Morgan fingerprint density at radius 2 is 1.79 bits per heavy atom. The lowest BCUT2D eigenvalue weighted by Crippen LogP contribution is -2.48. The lowest BCUT2D eigenvalue weighted by molar-refractivity contribution is 0.0597. The molecule has 29 heavy (non-hydrogen) atoms. The third kappa shape index (κ3) is 3.40. The first-order chi connectivity index (χ1) is 14.2. The van der Waals surface area contributed by atoms with Crippen molar-refractivity contribution in [2.45, 2.75) is 6.54 Å². The number of H-pyrrole nitrogens is 1. The van der Waals surface area contributed by atoms with Crippen molar-refractivity contribution in [1.82, 2.24) is 19.8 Å². The zero-order valence-corrected chi connectivity index (χ0v) is 15.8. The molecule has 146 valence electrons. The molecule has 2 aromatic heterocycles. The van der Waals surface area contributed by atoms with E-state index in [4.69, 9.17) is 4.42 Å². The summed E-state index contributed by atoms with van der Waals surface area (Å²) in [7, 11) is 0. The van der Waals surface area contributed by atoms with Gasteiger partial charge >= 0.3 is 0 Å². The molecular formula is C22H20N4O3. The fourth-order valence-corrected chi connectivity index (χ4v) is 3.77. The Kier molecular flexibility index (Phi) is 4.37. The number of carbonyl (C=O) groups is 1. The molecule has 1 fully saturated rings. The summed E-state index contributed by atoms with van der Waals surface area (Å²) in [6.07, 6.45) is 0. The molecule has 7 nitrogen and oxygen atoms in total. The van der Waals surface area contributed by atoms with Gasteiger partial charge in [0.15, 0.2) is 5.76 Å². The van der Waals surface area contributed by atoms with Crippen LogP contribution in [0, 0.1) is 0 Å². The summed E-state index contributed by atoms with van der Waals surface area (Å²) in [5.41, 5.74) is 1.30. The summed E-state index contributed by atoms with van der Waals surface area (Å²) in [5.74, 6) is 0.934. The fourth-order valence-electron chi connectivity index (χ4n) is 3.77. The average molecular weight is 388 g/mol. The molecule has 0 atom stereocenters. The Morgan fingerprint density at radius 3 is 2.62 bits per heavy atom. The zero-order chi connectivity index (χ0) is 19.8. The van der Waals surface area contributed by atoms with E-state index in [1.165, 1.54) is 0 Å². The number of piperazine rings is 1. The van der Waals surface area contributed by atoms with Gasteiger partial charge in [0.25, 0.3) is 11.5 Å². The first-order valence-corrected chi connectivity index (χ1v) is 9.65. The van der Waals surface area contributed by atoms with Gasteiger partial charge in [-0.25, -0.2) is 4.98 Å². The monoisotopic (exact) mass is 388 g/mol. The van der Waals surface area contributed by atoms with Crippen LogP contribution in [0.15, 0.2) is 63.8 Å². The van der Waals surface area contributed by atoms with E-state index in [2.05, 4.69) is 14.9 Å². The Hall–Kier alpha value is -3.45. The van der Waals surface area contributed by atoms with E-state index in [1.54, 1.807) is 12.1 Å². The van der Waals surface area contributed by atoms with E-state index >= 15 is 0 Å². The number of amides is 1. The Bertz CT molecular complexity index is 1220. The van der Waals surface area contributed by atoms with Crippen molar-refractivity contribution in [3.8, 4) is 0 Å². The Balaban J connectivity index is 1.25. The minimum Gasteiger partial charge on any atom is -0.451 e. The highest BCUT2D eigenvalue weighted by Gasteiger charge is 2.25. The van der Waals surface area contributed by atoms with Crippen molar-refractivity contribution in [2.75, 3.05) is 26.2 Å². The molecule has 7 heteroatoms. The number of aromatic nitrogens is 2. The molecule has 4 aromatic rings. The maximum absolute atomic E-state index is 12.8. The second-order valence-corrected chi connectivity index (χ2v) is 7.25. The van der Waals surface area contributed by atoms with E-state index in [1.807, 2.05) is 47.4 Å². The number of aromatic amines is 1. The molecule has 5 rings (SSSR count). The summed E-state index contributed by atoms with van der Waals surface area (Å²) in [6.45, 7) is 3.18. The van der Waals surface area contributed by atoms with Gasteiger partial charge in [0.05, 0.1) is 17.4 Å². The summed E-state index contributed by atoms with van der Waals surface area (Å²) >= 11 is 0. The molecule has 1 saturated heterocycles. The molecule has 0 spiro atoms. The van der Waals surface area contributed by atoms with Gasteiger partial charge in [0, 0.05) is 31.6 Å². The van der Waals surface area contributed by atoms with E-state index < -0.39 is 0 Å². The van der Waals surface area contributed by atoms with E-state index in [-0.39, 0.29) is 11.5 Å². The Labute approximate surface area is 166 Å². The van der Waals surface area contributed by atoms with Crippen LogP contribution in [0.25, 0.3) is 21.9 Å². The smallest absolute Gasteiger partial charge is 0.289 e. The molecule has 0 bridgehead atoms. The van der Waals surface area contributed by atoms with E-state index in [0.717, 1.165) is 11.0 Å². The molecular weight excluding hydrogens is 368 g/mol. The number of rotatable bonds is 3. The number of furan rings is 1. The van der Waals surface area contributed by atoms with Crippen LogP contribution in [0.3, 0.4) is 0 Å². The standard InChI is InChI=1S/C22H20N4O3/c27-21-16-6-2-3-7-17(16)23-20(24-21)14-25-9-11-26(12-10-25)22(28)19-13-15-5-1-4-8-18(15)29-19/h1-8,13H,9-12,14H2,(H,23,24,27). The highest BCUT2D eigenvalue weighted by atomic mass is 16.3. The summed E-state index contributed by atoms with van der Waals surface area (Å²) < 4.78 is 5.71. The number of nitrogens with one attached hydrogen (secondary N) is 1. The van der Waals surface area contributed by atoms with Crippen LogP contribution < -0.4 is 5.56 Å². The normalized spacial score (nSPS) is 15.2. The fraction of sp³-hybridized carbons (Fsp3) is 0.227. The maximum Gasteiger partial charge on any atom is 0.289 e.